The zero-order valence-electron chi connectivity index (χ0n) is 18.7. The fourth-order valence-corrected chi connectivity index (χ4v) is 7.52. The van der Waals surface area contributed by atoms with Gasteiger partial charge in [0.15, 0.2) is 17.6 Å². The van der Waals surface area contributed by atoms with Gasteiger partial charge in [0.05, 0.1) is 16.6 Å². The molecule has 3 heterocycles. The average Bonchev–Trinajstić information content (AvgIpc) is 3.37. The first-order valence-electron chi connectivity index (χ1n) is 12.3. The fourth-order valence-electron chi connectivity index (χ4n) is 7.52. The Morgan fingerprint density at radius 1 is 1.21 bits per heavy atom. The second kappa shape index (κ2) is 6.43. The molecule has 0 aromatic heterocycles. The molecule has 1 amide bonds. The van der Waals surface area contributed by atoms with Gasteiger partial charge in [0.25, 0.3) is 5.91 Å². The molecule has 8 heteroatoms. The molecule has 176 valence electrons. The van der Waals surface area contributed by atoms with Crippen molar-refractivity contribution in [2.45, 2.75) is 67.7 Å². The van der Waals surface area contributed by atoms with Crippen molar-refractivity contribution in [1.82, 2.24) is 9.80 Å². The Hall–Kier alpha value is -2.29. The molecule has 0 unspecified atom stereocenters. The Balaban J connectivity index is 1.39. The molecule has 0 radical (unpaired) electrons. The number of aromatic hydroxyl groups is 1. The molecule has 33 heavy (non-hydrogen) atoms. The van der Waals surface area contributed by atoms with Crippen LogP contribution in [0.5, 0.6) is 11.5 Å². The normalized spacial score (nSPS) is 39.0. The number of carbonyl (C=O) groups excluding carboxylic acids is 1. The number of carbonyl (C=O) groups is 1. The molecule has 1 aromatic carbocycles. The quantitative estimate of drug-likeness (QED) is 0.538. The number of benzene rings is 1. The van der Waals surface area contributed by atoms with Crippen molar-refractivity contribution in [3.8, 4) is 11.5 Å². The van der Waals surface area contributed by atoms with E-state index < -0.39 is 17.1 Å². The number of ether oxygens (including phenoxy) is 1. The van der Waals surface area contributed by atoms with Crippen molar-refractivity contribution in [3.05, 3.63) is 34.6 Å². The van der Waals surface area contributed by atoms with E-state index in [0.717, 1.165) is 30.6 Å². The highest BCUT2D eigenvalue weighted by atomic mass is 16.5. The summed E-state index contributed by atoms with van der Waals surface area (Å²) in [7, 11) is 0. The summed E-state index contributed by atoms with van der Waals surface area (Å²) < 4.78 is 6.25. The van der Waals surface area contributed by atoms with Crippen LogP contribution in [0.3, 0.4) is 0 Å². The molecule has 1 aromatic rings. The largest absolute Gasteiger partial charge is 0.508 e. The number of phenols is 1. The van der Waals surface area contributed by atoms with Crippen LogP contribution in [0, 0.1) is 5.92 Å². The highest BCUT2D eigenvalue weighted by molar-refractivity contribution is 5.95. The number of amides is 1. The first kappa shape index (κ1) is 20.1. The molecule has 3 fully saturated rings. The third-order valence-corrected chi connectivity index (χ3v) is 9.29. The number of piperidine rings is 1. The van der Waals surface area contributed by atoms with Gasteiger partial charge in [0, 0.05) is 43.7 Å². The lowest BCUT2D eigenvalue weighted by Crippen LogP contribution is -2.75. The van der Waals surface area contributed by atoms with E-state index in [9.17, 15) is 20.1 Å². The monoisotopic (exact) mass is 453 g/mol. The minimum atomic E-state index is -1.27. The molecule has 3 aliphatic carbocycles. The second-order valence-corrected chi connectivity index (χ2v) is 11.1. The van der Waals surface area contributed by atoms with E-state index in [-0.39, 0.29) is 41.5 Å². The molecule has 5 atom stereocenters. The fraction of sp³-hybridized carbons (Fsp3) is 0.640. The lowest BCUT2D eigenvalue weighted by molar-refractivity contribution is -0.173. The smallest absolute Gasteiger partial charge is 0.253 e. The molecule has 6 aliphatic rings. The summed E-state index contributed by atoms with van der Waals surface area (Å²) in [6, 6.07) is 3.34. The van der Waals surface area contributed by atoms with E-state index in [0.29, 0.717) is 37.6 Å². The van der Waals surface area contributed by atoms with Crippen LogP contribution in [0.1, 0.15) is 43.2 Å². The van der Waals surface area contributed by atoms with E-state index in [4.69, 9.17) is 10.5 Å². The number of aliphatic hydroxyl groups is 2. The minimum Gasteiger partial charge on any atom is -0.508 e. The van der Waals surface area contributed by atoms with Gasteiger partial charge in [-0.1, -0.05) is 6.07 Å². The maximum atomic E-state index is 13.5. The Morgan fingerprint density at radius 2 is 2.03 bits per heavy atom. The predicted molar refractivity (Wildman–Crippen MR) is 119 cm³/mol. The molecular weight excluding hydrogens is 422 g/mol. The minimum absolute atomic E-state index is 0.0185. The van der Waals surface area contributed by atoms with Crippen LogP contribution in [0.2, 0.25) is 0 Å². The van der Waals surface area contributed by atoms with Gasteiger partial charge in [-0.15, -0.1) is 0 Å². The van der Waals surface area contributed by atoms with E-state index in [1.54, 1.807) is 11.0 Å². The maximum Gasteiger partial charge on any atom is 0.253 e. The van der Waals surface area contributed by atoms with Crippen LogP contribution in [-0.2, 0) is 16.6 Å². The summed E-state index contributed by atoms with van der Waals surface area (Å²) in [5.41, 5.74) is 6.04. The Kier molecular flexibility index (Phi) is 3.92. The number of likely N-dealkylation sites (tertiary alicyclic amines) is 2. The summed E-state index contributed by atoms with van der Waals surface area (Å²) in [5, 5.41) is 34.7. The Morgan fingerprint density at radius 3 is 2.76 bits per heavy atom. The molecule has 8 nitrogen and oxygen atoms in total. The first-order chi connectivity index (χ1) is 15.8. The summed E-state index contributed by atoms with van der Waals surface area (Å²) in [5.74, 6) is 0.696. The van der Waals surface area contributed by atoms with Gasteiger partial charge in [-0.3, -0.25) is 9.69 Å². The standard InChI is InChI=1S/C25H31N3O5/c26-15-5-7-28(12-15)23(31)16-10-25(32)18-9-14-3-4-17(29)21-19(14)24(25,22(33-21)20(16)30)6-8-27(18)11-13-1-2-13/h3-4,13,15,18,22,29-30,32H,1-2,5-12,26H2/t15-,18+,22-,24-,25+/m0/s1. The van der Waals surface area contributed by atoms with Gasteiger partial charge in [-0.2, -0.15) is 0 Å². The molecule has 1 saturated carbocycles. The third-order valence-electron chi connectivity index (χ3n) is 9.29. The van der Waals surface area contributed by atoms with E-state index in [2.05, 4.69) is 4.90 Å². The summed E-state index contributed by atoms with van der Waals surface area (Å²) in [4.78, 5) is 17.6. The predicted octanol–water partition coefficient (Wildman–Crippen LogP) is 0.938. The SMILES string of the molecule is N[C@H]1CCN(C(=O)C2=C(O)[C@@H]3Oc4c(O)ccc5c4[C@@]34CCN(CC3CC3)[C@H](C5)[C@]4(O)C2)C1. The van der Waals surface area contributed by atoms with Gasteiger partial charge in [0.1, 0.15) is 5.76 Å². The molecule has 5 N–H and O–H groups in total. The van der Waals surface area contributed by atoms with Crippen LogP contribution in [-0.4, -0.2) is 81.0 Å². The van der Waals surface area contributed by atoms with E-state index in [1.807, 2.05) is 6.07 Å². The van der Waals surface area contributed by atoms with Crippen LogP contribution >= 0.6 is 0 Å². The third kappa shape index (κ3) is 2.44. The van der Waals surface area contributed by atoms with E-state index >= 15 is 0 Å². The van der Waals surface area contributed by atoms with Crippen LogP contribution < -0.4 is 10.5 Å². The average molecular weight is 454 g/mol. The van der Waals surface area contributed by atoms with Gasteiger partial charge in [-0.05, 0) is 56.2 Å². The number of hydrogen-bond acceptors (Lipinski definition) is 7. The number of nitrogens with two attached hydrogens (primary N) is 1. The number of hydrogen-bond donors (Lipinski definition) is 4. The summed E-state index contributed by atoms with van der Waals surface area (Å²) >= 11 is 0. The van der Waals surface area contributed by atoms with Crippen molar-refractivity contribution in [3.63, 3.8) is 0 Å². The highest BCUT2D eigenvalue weighted by Crippen LogP contribution is 2.66. The van der Waals surface area contributed by atoms with Crippen LogP contribution in [0.4, 0.5) is 0 Å². The van der Waals surface area contributed by atoms with Crippen LogP contribution in [0.15, 0.2) is 23.5 Å². The van der Waals surface area contributed by atoms with Crippen molar-refractivity contribution in [1.29, 1.82) is 0 Å². The lowest BCUT2D eigenvalue weighted by Gasteiger charge is -2.62. The molecule has 7 rings (SSSR count). The van der Waals surface area contributed by atoms with Crippen molar-refractivity contribution in [2.24, 2.45) is 11.7 Å². The zero-order chi connectivity index (χ0) is 22.7. The van der Waals surface area contributed by atoms with Crippen LogP contribution in [0.25, 0.3) is 0 Å². The summed E-state index contributed by atoms with van der Waals surface area (Å²) in [6.45, 7) is 2.76. The zero-order valence-corrected chi connectivity index (χ0v) is 18.7. The van der Waals surface area contributed by atoms with Gasteiger partial charge < -0.3 is 30.7 Å². The molecular formula is C25H31N3O5. The topological polar surface area (TPSA) is 119 Å². The number of aliphatic hydroxyl groups excluding tert-OH is 1. The van der Waals surface area contributed by atoms with Crippen molar-refractivity contribution < 1.29 is 24.9 Å². The second-order valence-electron chi connectivity index (χ2n) is 11.1. The summed E-state index contributed by atoms with van der Waals surface area (Å²) in [6.07, 6.45) is 3.65. The first-order valence-corrected chi connectivity index (χ1v) is 12.3. The maximum absolute atomic E-state index is 13.5. The van der Waals surface area contributed by atoms with Gasteiger partial charge in [-0.25, -0.2) is 0 Å². The molecule has 1 spiro atoms. The molecule has 3 aliphatic heterocycles. The van der Waals surface area contributed by atoms with Crippen molar-refractivity contribution in [2.75, 3.05) is 26.2 Å². The van der Waals surface area contributed by atoms with Crippen molar-refractivity contribution >= 4 is 5.91 Å². The van der Waals surface area contributed by atoms with E-state index in [1.165, 1.54) is 12.8 Å². The van der Waals surface area contributed by atoms with Gasteiger partial charge in [0.2, 0.25) is 0 Å². The number of phenolic OH excluding ortho intramolecular Hbond substituents is 1. The molecule has 2 saturated heterocycles. The Labute approximate surface area is 192 Å². The Bertz CT molecular complexity index is 1100. The molecule has 2 bridgehead atoms. The lowest BCUT2D eigenvalue weighted by atomic mass is 9.49. The number of rotatable bonds is 3. The van der Waals surface area contributed by atoms with Gasteiger partial charge >= 0.3 is 0 Å². The number of nitrogens with zero attached hydrogens (tertiary/aromatic N) is 2. The highest BCUT2D eigenvalue weighted by Gasteiger charge is 2.73.